The zero-order chi connectivity index (χ0) is 16.0. The number of ketones is 1. The van der Waals surface area contributed by atoms with E-state index >= 15 is 0 Å². The quantitative estimate of drug-likeness (QED) is 0.438. The molecule has 1 nitrogen and oxygen atoms in total. The van der Waals surface area contributed by atoms with Crippen molar-refractivity contribution in [2.45, 2.75) is 79.1 Å². The van der Waals surface area contributed by atoms with Gasteiger partial charge in [0.15, 0.2) is 0 Å². The second kappa shape index (κ2) is 5.26. The Morgan fingerprint density at radius 2 is 2.00 bits per heavy atom. The number of rotatable bonds is 0. The highest BCUT2D eigenvalue weighted by atomic mass is 16.1. The maximum absolute atomic E-state index is 12.5. The van der Waals surface area contributed by atoms with Crippen LogP contribution in [-0.4, -0.2) is 5.78 Å². The van der Waals surface area contributed by atoms with Gasteiger partial charge in [-0.2, -0.15) is 0 Å². The zero-order valence-corrected chi connectivity index (χ0v) is 14.7. The number of hydrogen-bond acceptors (Lipinski definition) is 1. The summed E-state index contributed by atoms with van der Waals surface area (Å²) in [5.74, 6) is 8.03. The van der Waals surface area contributed by atoms with Crippen molar-refractivity contribution in [2.75, 3.05) is 0 Å². The molecule has 0 spiro atoms. The van der Waals surface area contributed by atoms with Crippen LogP contribution in [0.4, 0.5) is 0 Å². The lowest BCUT2D eigenvalue weighted by Gasteiger charge is -2.59. The first-order valence-electron chi connectivity index (χ1n) is 9.11. The first-order chi connectivity index (χ1) is 10.4. The van der Waals surface area contributed by atoms with Crippen LogP contribution in [0.25, 0.3) is 0 Å². The van der Waals surface area contributed by atoms with E-state index in [-0.39, 0.29) is 16.2 Å². The Morgan fingerprint density at radius 1 is 1.23 bits per heavy atom. The van der Waals surface area contributed by atoms with Crippen molar-refractivity contribution in [3.8, 4) is 11.8 Å². The minimum absolute atomic E-state index is 0.121. The monoisotopic (exact) mass is 298 g/mol. The summed E-state index contributed by atoms with van der Waals surface area (Å²) in [5, 5.41) is 0. The molecule has 0 aromatic rings. The summed E-state index contributed by atoms with van der Waals surface area (Å²) in [6.45, 7) is 8.95. The standard InChI is InChI=1S/C21H30O/c1-5-6-12-21-13-8-7-9-17(21)20(4)14-11-18(22)19(2,3)16(20)10-15-21/h9,16H,5,7-8,10-11,13-15H2,1-4H3/t16-,20-,21+/m0/s1. The molecule has 0 aromatic heterocycles. The molecule has 0 unspecified atom stereocenters. The van der Waals surface area contributed by atoms with Crippen LogP contribution < -0.4 is 0 Å². The van der Waals surface area contributed by atoms with Crippen LogP contribution >= 0.6 is 0 Å². The number of hydrogen-bond donors (Lipinski definition) is 0. The predicted octanol–water partition coefficient (Wildman–Crippen LogP) is 5.30. The van der Waals surface area contributed by atoms with Gasteiger partial charge in [0.05, 0.1) is 5.41 Å². The molecular weight excluding hydrogens is 268 g/mol. The summed E-state index contributed by atoms with van der Waals surface area (Å²) in [5.41, 5.74) is 1.73. The van der Waals surface area contributed by atoms with Crippen LogP contribution in [0.1, 0.15) is 79.1 Å². The lowest BCUT2D eigenvalue weighted by molar-refractivity contribution is -0.141. The smallest absolute Gasteiger partial charge is 0.138 e. The van der Waals surface area contributed by atoms with E-state index in [9.17, 15) is 4.79 Å². The predicted molar refractivity (Wildman–Crippen MR) is 91.3 cm³/mol. The SMILES string of the molecule is CCC#C[C@]12CCCC=C1[C@@]1(C)CCC(=O)C(C)(C)[C@@H]1CC2. The summed E-state index contributed by atoms with van der Waals surface area (Å²) < 4.78 is 0. The molecule has 0 aliphatic heterocycles. The van der Waals surface area contributed by atoms with Crippen LogP contribution in [0.2, 0.25) is 0 Å². The third-order valence-corrected chi connectivity index (χ3v) is 6.88. The Kier molecular flexibility index (Phi) is 3.79. The lowest BCUT2D eigenvalue weighted by atomic mass is 9.44. The Bertz CT molecular complexity index is 570. The molecule has 0 saturated heterocycles. The van der Waals surface area contributed by atoms with Crippen molar-refractivity contribution in [1.29, 1.82) is 0 Å². The van der Waals surface area contributed by atoms with Gasteiger partial charge in [0.25, 0.3) is 0 Å². The average molecular weight is 298 g/mol. The summed E-state index contributed by atoms with van der Waals surface area (Å²) in [4.78, 5) is 12.5. The molecule has 0 heterocycles. The number of carbonyl (C=O) groups excluding carboxylic acids is 1. The normalized spacial score (nSPS) is 39.9. The van der Waals surface area contributed by atoms with E-state index in [1.165, 1.54) is 19.3 Å². The minimum Gasteiger partial charge on any atom is -0.299 e. The molecule has 3 atom stereocenters. The third-order valence-electron chi connectivity index (χ3n) is 6.88. The maximum Gasteiger partial charge on any atom is 0.138 e. The fourth-order valence-corrected chi connectivity index (χ4v) is 5.72. The number of allylic oxidation sites excluding steroid dienone is 2. The van der Waals surface area contributed by atoms with E-state index < -0.39 is 0 Å². The molecule has 0 bridgehead atoms. The lowest BCUT2D eigenvalue weighted by Crippen LogP contribution is -2.54. The summed E-state index contributed by atoms with van der Waals surface area (Å²) >= 11 is 0. The van der Waals surface area contributed by atoms with Gasteiger partial charge in [-0.25, -0.2) is 0 Å². The molecule has 3 aliphatic rings. The molecule has 1 heteroatoms. The topological polar surface area (TPSA) is 17.1 Å². The number of Topliss-reactive ketones (excluding diaryl/α,β-unsaturated/α-hetero) is 1. The maximum atomic E-state index is 12.5. The molecule has 22 heavy (non-hydrogen) atoms. The van der Waals surface area contributed by atoms with Gasteiger partial charge in [-0.05, 0) is 55.4 Å². The summed E-state index contributed by atoms with van der Waals surface area (Å²) in [6, 6.07) is 0. The van der Waals surface area contributed by atoms with Crippen LogP contribution in [0.3, 0.4) is 0 Å². The molecule has 2 fully saturated rings. The van der Waals surface area contributed by atoms with E-state index in [2.05, 4.69) is 45.6 Å². The van der Waals surface area contributed by atoms with Crippen molar-refractivity contribution in [3.05, 3.63) is 11.6 Å². The van der Waals surface area contributed by atoms with E-state index in [4.69, 9.17) is 0 Å². The highest BCUT2D eigenvalue weighted by Crippen LogP contribution is 2.65. The van der Waals surface area contributed by atoms with Gasteiger partial charge in [-0.3, -0.25) is 4.79 Å². The van der Waals surface area contributed by atoms with Crippen molar-refractivity contribution >= 4 is 5.78 Å². The highest BCUT2D eigenvalue weighted by molar-refractivity contribution is 5.85. The van der Waals surface area contributed by atoms with Gasteiger partial charge in [0.2, 0.25) is 0 Å². The molecule has 0 radical (unpaired) electrons. The van der Waals surface area contributed by atoms with Crippen LogP contribution in [-0.2, 0) is 4.79 Å². The van der Waals surface area contributed by atoms with Gasteiger partial charge in [-0.1, -0.05) is 39.7 Å². The Labute approximate surface area is 135 Å². The van der Waals surface area contributed by atoms with Crippen molar-refractivity contribution in [3.63, 3.8) is 0 Å². The fourth-order valence-electron chi connectivity index (χ4n) is 5.72. The highest BCUT2D eigenvalue weighted by Gasteiger charge is 2.58. The fraction of sp³-hybridized carbons (Fsp3) is 0.762. The van der Waals surface area contributed by atoms with Crippen LogP contribution in [0.15, 0.2) is 11.6 Å². The van der Waals surface area contributed by atoms with Crippen molar-refractivity contribution < 1.29 is 4.79 Å². The average Bonchev–Trinajstić information content (AvgIpc) is 2.50. The first-order valence-corrected chi connectivity index (χ1v) is 9.11. The summed E-state index contributed by atoms with van der Waals surface area (Å²) in [7, 11) is 0. The molecular formula is C21H30O. The number of fused-ring (bicyclic) bond motifs is 3. The Morgan fingerprint density at radius 3 is 2.73 bits per heavy atom. The Hall–Kier alpha value is -1.03. The van der Waals surface area contributed by atoms with E-state index in [0.717, 1.165) is 32.1 Å². The molecule has 0 aromatic carbocycles. The molecule has 0 N–H and O–H groups in total. The van der Waals surface area contributed by atoms with Gasteiger partial charge in [-0.15, -0.1) is 5.92 Å². The second-order valence-corrected chi connectivity index (χ2v) is 8.40. The molecule has 120 valence electrons. The van der Waals surface area contributed by atoms with Crippen LogP contribution in [0.5, 0.6) is 0 Å². The van der Waals surface area contributed by atoms with Gasteiger partial charge in [0, 0.05) is 18.3 Å². The Balaban J connectivity index is 2.08. The van der Waals surface area contributed by atoms with Gasteiger partial charge in [0.1, 0.15) is 5.78 Å². The largest absolute Gasteiger partial charge is 0.299 e. The van der Waals surface area contributed by atoms with Gasteiger partial charge < -0.3 is 0 Å². The minimum atomic E-state index is -0.171. The third kappa shape index (κ3) is 2.10. The molecule has 3 rings (SSSR count). The molecule has 3 aliphatic carbocycles. The van der Waals surface area contributed by atoms with E-state index in [1.807, 2.05) is 0 Å². The zero-order valence-electron chi connectivity index (χ0n) is 14.7. The van der Waals surface area contributed by atoms with Crippen LogP contribution in [0, 0.1) is 34.0 Å². The first kappa shape index (κ1) is 15.9. The summed E-state index contributed by atoms with van der Waals surface area (Å²) in [6.07, 6.45) is 11.2. The van der Waals surface area contributed by atoms with Gasteiger partial charge >= 0.3 is 0 Å². The second-order valence-electron chi connectivity index (χ2n) is 8.40. The molecule has 0 amide bonds. The van der Waals surface area contributed by atoms with E-state index in [1.54, 1.807) is 5.57 Å². The van der Waals surface area contributed by atoms with E-state index in [0.29, 0.717) is 11.7 Å². The molecule has 2 saturated carbocycles. The van der Waals surface area contributed by atoms with Crippen molar-refractivity contribution in [2.24, 2.45) is 22.2 Å². The van der Waals surface area contributed by atoms with Crippen molar-refractivity contribution in [1.82, 2.24) is 0 Å². The number of carbonyl (C=O) groups is 1.